The normalized spacial score (nSPS) is 20.5. The smallest absolute Gasteiger partial charge is 0.222 e. The maximum atomic E-state index is 11.6. The molecule has 0 radical (unpaired) electrons. The molecule has 1 atom stereocenters. The third kappa shape index (κ3) is 3.80. The Kier molecular flexibility index (Phi) is 4.54. The van der Waals surface area contributed by atoms with Gasteiger partial charge in [-0.05, 0) is 25.7 Å². The van der Waals surface area contributed by atoms with Gasteiger partial charge in [-0.2, -0.15) is 0 Å². The average molecular weight is 214 g/mol. The van der Waals surface area contributed by atoms with Gasteiger partial charge in [0.25, 0.3) is 0 Å². The van der Waals surface area contributed by atoms with E-state index in [0.29, 0.717) is 13.0 Å². The van der Waals surface area contributed by atoms with Gasteiger partial charge in [0.05, 0.1) is 12.6 Å². The first-order valence-electron chi connectivity index (χ1n) is 5.67. The number of nitrogens with one attached hydrogen (secondary N) is 1. The van der Waals surface area contributed by atoms with E-state index in [0.717, 1.165) is 25.7 Å². The molecular formula is C11H22N2O2. The quantitative estimate of drug-likeness (QED) is 0.687. The number of carbonyl (C=O) groups excluding carboxylic acids is 1. The predicted molar refractivity (Wildman–Crippen MR) is 59.5 cm³/mol. The van der Waals surface area contributed by atoms with Crippen LogP contribution in [0.5, 0.6) is 0 Å². The second-order valence-corrected chi connectivity index (χ2v) is 4.52. The van der Waals surface area contributed by atoms with Crippen LogP contribution in [0.2, 0.25) is 0 Å². The summed E-state index contributed by atoms with van der Waals surface area (Å²) in [6, 6.07) is 0.117. The number of nitrogens with two attached hydrogens (primary N) is 1. The fraction of sp³-hybridized carbons (Fsp3) is 0.909. The fourth-order valence-corrected chi connectivity index (χ4v) is 1.87. The van der Waals surface area contributed by atoms with Gasteiger partial charge in [-0.1, -0.05) is 6.92 Å². The van der Waals surface area contributed by atoms with Crippen molar-refractivity contribution in [2.45, 2.75) is 50.6 Å². The van der Waals surface area contributed by atoms with Crippen LogP contribution < -0.4 is 11.1 Å². The molecule has 0 spiro atoms. The van der Waals surface area contributed by atoms with E-state index in [1.54, 1.807) is 7.11 Å². The second kappa shape index (κ2) is 5.47. The van der Waals surface area contributed by atoms with Crippen LogP contribution in [0, 0.1) is 0 Å². The van der Waals surface area contributed by atoms with Crippen LogP contribution in [-0.4, -0.2) is 31.2 Å². The summed E-state index contributed by atoms with van der Waals surface area (Å²) in [5.41, 5.74) is 5.78. The van der Waals surface area contributed by atoms with Gasteiger partial charge in [-0.3, -0.25) is 4.79 Å². The van der Waals surface area contributed by atoms with Crippen LogP contribution in [0.15, 0.2) is 0 Å². The maximum Gasteiger partial charge on any atom is 0.222 e. The van der Waals surface area contributed by atoms with Gasteiger partial charge in [-0.15, -0.1) is 0 Å². The molecule has 0 aromatic heterocycles. The number of hydrogen-bond donors (Lipinski definition) is 2. The Hall–Kier alpha value is -0.610. The van der Waals surface area contributed by atoms with E-state index in [2.05, 4.69) is 5.32 Å². The molecule has 0 aliphatic heterocycles. The molecule has 1 saturated carbocycles. The van der Waals surface area contributed by atoms with Crippen LogP contribution in [0.3, 0.4) is 0 Å². The van der Waals surface area contributed by atoms with Gasteiger partial charge in [0, 0.05) is 19.1 Å². The summed E-state index contributed by atoms with van der Waals surface area (Å²) < 4.78 is 5.02. The molecule has 0 bridgehead atoms. The Bertz CT molecular complexity index is 215. The third-order valence-electron chi connectivity index (χ3n) is 3.09. The van der Waals surface area contributed by atoms with Crippen LogP contribution in [0.25, 0.3) is 0 Å². The van der Waals surface area contributed by atoms with Crippen LogP contribution in [0.4, 0.5) is 0 Å². The summed E-state index contributed by atoms with van der Waals surface area (Å²) in [5, 5.41) is 2.95. The van der Waals surface area contributed by atoms with Crippen molar-refractivity contribution in [3.05, 3.63) is 0 Å². The molecular weight excluding hydrogens is 192 g/mol. The Morgan fingerprint density at radius 1 is 1.60 bits per heavy atom. The highest BCUT2D eigenvalue weighted by molar-refractivity contribution is 5.77. The Labute approximate surface area is 91.5 Å². The highest BCUT2D eigenvalue weighted by Gasteiger charge is 2.34. The first-order chi connectivity index (χ1) is 7.09. The fourth-order valence-electron chi connectivity index (χ4n) is 1.87. The molecule has 0 saturated heterocycles. The van der Waals surface area contributed by atoms with E-state index in [1.165, 1.54) is 0 Å². The van der Waals surface area contributed by atoms with Crippen LogP contribution in [0.1, 0.15) is 39.0 Å². The highest BCUT2D eigenvalue weighted by Crippen LogP contribution is 2.31. The van der Waals surface area contributed by atoms with Crippen molar-refractivity contribution in [2.24, 2.45) is 5.73 Å². The lowest BCUT2D eigenvalue weighted by atomic mass is 9.75. The van der Waals surface area contributed by atoms with E-state index >= 15 is 0 Å². The van der Waals surface area contributed by atoms with Crippen molar-refractivity contribution < 1.29 is 9.53 Å². The number of ether oxygens (including phenoxy) is 1. The Morgan fingerprint density at radius 3 is 2.67 bits per heavy atom. The number of hydrogen-bond acceptors (Lipinski definition) is 3. The molecule has 1 unspecified atom stereocenters. The topological polar surface area (TPSA) is 64.3 Å². The molecule has 1 amide bonds. The number of carbonyl (C=O) groups is 1. The molecule has 88 valence electrons. The lowest BCUT2D eigenvalue weighted by Crippen LogP contribution is -2.51. The lowest BCUT2D eigenvalue weighted by Gasteiger charge is -2.37. The van der Waals surface area contributed by atoms with E-state index in [9.17, 15) is 4.79 Å². The van der Waals surface area contributed by atoms with Crippen molar-refractivity contribution in [3.63, 3.8) is 0 Å². The standard InChI is InChI=1S/C11H22N2O2/c1-3-9(8-15-2)13-10(14)7-11(12)5-4-6-11/h9H,3-8,12H2,1-2H3,(H,13,14). The van der Waals surface area contributed by atoms with Gasteiger partial charge in [-0.25, -0.2) is 0 Å². The van der Waals surface area contributed by atoms with Crippen LogP contribution in [-0.2, 0) is 9.53 Å². The first kappa shape index (κ1) is 12.5. The first-order valence-corrected chi connectivity index (χ1v) is 5.67. The van der Waals surface area contributed by atoms with E-state index in [4.69, 9.17) is 10.5 Å². The zero-order valence-corrected chi connectivity index (χ0v) is 9.71. The zero-order chi connectivity index (χ0) is 11.3. The SMILES string of the molecule is CCC(COC)NC(=O)CC1(N)CCC1. The maximum absolute atomic E-state index is 11.6. The van der Waals surface area contributed by atoms with Crippen LogP contribution >= 0.6 is 0 Å². The minimum atomic E-state index is -0.227. The largest absolute Gasteiger partial charge is 0.383 e. The molecule has 4 heteroatoms. The molecule has 15 heavy (non-hydrogen) atoms. The molecule has 1 aliphatic rings. The minimum Gasteiger partial charge on any atom is -0.383 e. The molecule has 1 aliphatic carbocycles. The average Bonchev–Trinajstić information content (AvgIpc) is 2.14. The molecule has 4 nitrogen and oxygen atoms in total. The molecule has 0 aromatic rings. The molecule has 0 heterocycles. The molecule has 1 rings (SSSR count). The van der Waals surface area contributed by atoms with Gasteiger partial charge >= 0.3 is 0 Å². The molecule has 0 aromatic carbocycles. The molecule has 1 fully saturated rings. The van der Waals surface area contributed by atoms with Crippen molar-refractivity contribution in [1.29, 1.82) is 0 Å². The molecule has 3 N–H and O–H groups in total. The third-order valence-corrected chi connectivity index (χ3v) is 3.09. The van der Waals surface area contributed by atoms with Gasteiger partial charge < -0.3 is 15.8 Å². The predicted octanol–water partition coefficient (Wildman–Crippen LogP) is 0.799. The Balaban J connectivity index is 2.27. The highest BCUT2D eigenvalue weighted by atomic mass is 16.5. The lowest BCUT2D eigenvalue weighted by molar-refractivity contribution is -0.124. The van der Waals surface area contributed by atoms with Crippen molar-refractivity contribution in [3.8, 4) is 0 Å². The van der Waals surface area contributed by atoms with E-state index in [1.807, 2.05) is 6.92 Å². The minimum absolute atomic E-state index is 0.0566. The summed E-state index contributed by atoms with van der Waals surface area (Å²) in [4.78, 5) is 11.6. The van der Waals surface area contributed by atoms with Crippen molar-refractivity contribution in [2.75, 3.05) is 13.7 Å². The number of methoxy groups -OCH3 is 1. The number of amides is 1. The zero-order valence-electron chi connectivity index (χ0n) is 9.71. The van der Waals surface area contributed by atoms with Gasteiger partial charge in [0.1, 0.15) is 0 Å². The summed E-state index contributed by atoms with van der Waals surface area (Å²) in [5.74, 6) is 0.0566. The second-order valence-electron chi connectivity index (χ2n) is 4.52. The van der Waals surface area contributed by atoms with Crippen molar-refractivity contribution >= 4 is 5.91 Å². The van der Waals surface area contributed by atoms with Gasteiger partial charge in [0.15, 0.2) is 0 Å². The summed E-state index contributed by atoms with van der Waals surface area (Å²) in [6.07, 6.45) is 4.44. The monoisotopic (exact) mass is 214 g/mol. The summed E-state index contributed by atoms with van der Waals surface area (Å²) in [6.45, 7) is 2.60. The van der Waals surface area contributed by atoms with Crippen molar-refractivity contribution in [1.82, 2.24) is 5.32 Å². The summed E-state index contributed by atoms with van der Waals surface area (Å²) in [7, 11) is 1.64. The number of rotatable bonds is 6. The Morgan fingerprint density at radius 2 is 2.27 bits per heavy atom. The van der Waals surface area contributed by atoms with Gasteiger partial charge in [0.2, 0.25) is 5.91 Å². The van der Waals surface area contributed by atoms with E-state index in [-0.39, 0.29) is 17.5 Å². The summed E-state index contributed by atoms with van der Waals surface area (Å²) >= 11 is 0. The van der Waals surface area contributed by atoms with E-state index < -0.39 is 0 Å².